The van der Waals surface area contributed by atoms with E-state index in [1.165, 1.54) is 6.92 Å². The zero-order valence-corrected chi connectivity index (χ0v) is 11.5. The molecule has 1 rings (SSSR count). The Balaban J connectivity index is 2.40. The number of ether oxygens (including phenoxy) is 1. The Morgan fingerprint density at radius 1 is 1.65 bits per heavy atom. The summed E-state index contributed by atoms with van der Waals surface area (Å²) in [7, 11) is -2.99. The third-order valence-electron chi connectivity index (χ3n) is 2.26. The van der Waals surface area contributed by atoms with Crippen LogP contribution >= 0.6 is 19.3 Å². The molecule has 1 aliphatic rings. The van der Waals surface area contributed by atoms with E-state index in [0.717, 1.165) is 6.42 Å². The monoisotopic (exact) mass is 284 g/mol. The van der Waals surface area contributed by atoms with Crippen LogP contribution in [0, 0.1) is 0 Å². The van der Waals surface area contributed by atoms with Gasteiger partial charge >= 0.3 is 13.6 Å². The largest absolute Gasteiger partial charge is 0.465 e. The van der Waals surface area contributed by atoms with Crippen molar-refractivity contribution in [3.63, 3.8) is 0 Å². The fourth-order valence-electron chi connectivity index (χ4n) is 1.52. The Hall–Kier alpha value is -0.130. The molecule has 1 fully saturated rings. The molecule has 0 aromatic carbocycles. The molecule has 0 radical (unpaired) electrons. The van der Waals surface area contributed by atoms with E-state index in [1.807, 2.05) is 0 Å². The van der Waals surface area contributed by atoms with E-state index in [2.05, 4.69) is 5.09 Å². The number of carbonyl (C=O) groups is 1. The van der Waals surface area contributed by atoms with Crippen molar-refractivity contribution in [2.75, 3.05) is 38.7 Å². The van der Waals surface area contributed by atoms with E-state index >= 15 is 0 Å². The maximum atomic E-state index is 12.4. The molecule has 1 atom stereocenters. The van der Waals surface area contributed by atoms with Crippen LogP contribution in [0.25, 0.3) is 0 Å². The van der Waals surface area contributed by atoms with Gasteiger partial charge in [-0.1, -0.05) is 0 Å². The van der Waals surface area contributed by atoms with Gasteiger partial charge in [0.2, 0.25) is 0 Å². The Kier molecular flexibility index (Phi) is 6.44. The van der Waals surface area contributed by atoms with Crippen LogP contribution in [0.15, 0.2) is 0 Å². The molecule has 0 aromatic rings. The molecule has 100 valence electrons. The number of nitrogens with one attached hydrogen (secondary N) is 1. The fourth-order valence-corrected chi connectivity index (χ4v) is 3.81. The van der Waals surface area contributed by atoms with Crippen LogP contribution in [0.1, 0.15) is 13.3 Å². The number of nitrogens with zero attached hydrogens (tertiary/aromatic N) is 1. The van der Waals surface area contributed by atoms with Crippen molar-refractivity contribution in [3.05, 3.63) is 0 Å². The van der Waals surface area contributed by atoms with Crippen molar-refractivity contribution in [3.8, 4) is 0 Å². The molecular formula is C9H18ClN2O4P. The van der Waals surface area contributed by atoms with E-state index < -0.39 is 7.67 Å². The zero-order valence-electron chi connectivity index (χ0n) is 9.86. The lowest BCUT2D eigenvalue weighted by Gasteiger charge is -2.34. The van der Waals surface area contributed by atoms with Crippen molar-refractivity contribution >= 4 is 25.2 Å². The third-order valence-corrected chi connectivity index (χ3v) is 4.73. The number of alkyl halides is 1. The van der Waals surface area contributed by atoms with Crippen LogP contribution in [-0.2, 0) is 18.6 Å². The van der Waals surface area contributed by atoms with E-state index in [9.17, 15) is 9.36 Å². The molecule has 6 nitrogen and oxygen atoms in total. The van der Waals surface area contributed by atoms with Crippen molar-refractivity contribution in [2.45, 2.75) is 13.3 Å². The Morgan fingerprint density at radius 3 is 3.06 bits per heavy atom. The maximum Gasteiger partial charge on any atom is 0.343 e. The summed E-state index contributed by atoms with van der Waals surface area (Å²) in [6, 6.07) is 0. The molecule has 0 saturated carbocycles. The Morgan fingerprint density at radius 2 is 2.41 bits per heavy atom. The standard InChI is InChI=1S/C9H18ClN2O4P/c1-9(13)15-8-4-11-17(14)12(6-3-10)5-2-7-16-17/h2-8H2,1H3,(H,11,14). The number of esters is 1. The molecule has 1 unspecified atom stereocenters. The summed E-state index contributed by atoms with van der Waals surface area (Å²) in [5.74, 6) is 0.0474. The highest BCUT2D eigenvalue weighted by Crippen LogP contribution is 2.48. The number of rotatable bonds is 6. The van der Waals surface area contributed by atoms with Crippen LogP contribution in [0.2, 0.25) is 0 Å². The summed E-state index contributed by atoms with van der Waals surface area (Å²) < 4.78 is 24.2. The molecule has 0 aromatic heterocycles. The predicted octanol–water partition coefficient (Wildman–Crippen LogP) is 1.21. The first-order valence-electron chi connectivity index (χ1n) is 5.53. The lowest BCUT2D eigenvalue weighted by Crippen LogP contribution is -2.37. The first-order valence-corrected chi connectivity index (χ1v) is 7.64. The highest BCUT2D eigenvalue weighted by Gasteiger charge is 2.33. The highest BCUT2D eigenvalue weighted by molar-refractivity contribution is 7.54. The molecule has 0 aliphatic carbocycles. The molecular weight excluding hydrogens is 267 g/mol. The summed E-state index contributed by atoms with van der Waals surface area (Å²) in [6.07, 6.45) is 0.840. The first kappa shape index (κ1) is 14.9. The van der Waals surface area contributed by atoms with Crippen molar-refractivity contribution in [1.29, 1.82) is 0 Å². The summed E-state index contributed by atoms with van der Waals surface area (Å²) in [4.78, 5) is 10.6. The molecule has 0 bridgehead atoms. The van der Waals surface area contributed by atoms with E-state index in [0.29, 0.717) is 32.1 Å². The lowest BCUT2D eigenvalue weighted by molar-refractivity contribution is -0.140. The first-order chi connectivity index (χ1) is 8.08. The Bertz CT molecular complexity index is 301. The average molecular weight is 285 g/mol. The SMILES string of the molecule is CC(=O)OCCNP1(=O)OCCCN1CCCl. The fraction of sp³-hybridized carbons (Fsp3) is 0.889. The second-order valence-corrected chi connectivity index (χ2v) is 6.16. The van der Waals surface area contributed by atoms with Gasteiger partial charge in [-0.2, -0.15) is 0 Å². The highest BCUT2D eigenvalue weighted by atomic mass is 35.5. The topological polar surface area (TPSA) is 67.9 Å². The minimum Gasteiger partial charge on any atom is -0.465 e. The molecule has 17 heavy (non-hydrogen) atoms. The van der Waals surface area contributed by atoms with Gasteiger partial charge in [-0.15, -0.1) is 11.6 Å². The van der Waals surface area contributed by atoms with Crippen LogP contribution in [0.5, 0.6) is 0 Å². The second kappa shape index (κ2) is 7.34. The van der Waals surface area contributed by atoms with Crippen molar-refractivity contribution in [1.82, 2.24) is 9.76 Å². The summed E-state index contributed by atoms with van der Waals surface area (Å²) in [6.45, 7) is 3.49. The molecule has 1 aliphatic heterocycles. The second-order valence-electron chi connectivity index (χ2n) is 3.60. The van der Waals surface area contributed by atoms with Gasteiger partial charge in [-0.3, -0.25) is 9.36 Å². The molecule has 0 spiro atoms. The van der Waals surface area contributed by atoms with E-state index in [1.54, 1.807) is 4.67 Å². The summed E-state index contributed by atoms with van der Waals surface area (Å²) in [5.41, 5.74) is 0. The molecule has 0 amide bonds. The molecule has 1 saturated heterocycles. The zero-order chi connectivity index (χ0) is 12.7. The molecule has 1 heterocycles. The number of halogens is 1. The van der Waals surface area contributed by atoms with Gasteiger partial charge in [0.05, 0.1) is 6.61 Å². The van der Waals surface area contributed by atoms with Gasteiger partial charge in [-0.25, -0.2) is 9.76 Å². The van der Waals surface area contributed by atoms with Crippen molar-refractivity contribution < 1.29 is 18.6 Å². The van der Waals surface area contributed by atoms with Gasteiger partial charge in [-0.05, 0) is 6.42 Å². The van der Waals surface area contributed by atoms with Crippen LogP contribution in [0.4, 0.5) is 0 Å². The smallest absolute Gasteiger partial charge is 0.343 e. The quantitative estimate of drug-likeness (QED) is 0.342. The van der Waals surface area contributed by atoms with E-state index in [4.69, 9.17) is 20.9 Å². The van der Waals surface area contributed by atoms with Crippen LogP contribution < -0.4 is 5.09 Å². The summed E-state index contributed by atoms with van der Waals surface area (Å²) in [5, 5.41) is 2.81. The lowest BCUT2D eigenvalue weighted by atomic mass is 10.4. The van der Waals surface area contributed by atoms with Gasteiger partial charge in [0, 0.05) is 32.4 Å². The predicted molar refractivity (Wildman–Crippen MR) is 65.1 cm³/mol. The normalized spacial score (nSPS) is 25.8. The van der Waals surface area contributed by atoms with Crippen molar-refractivity contribution in [2.24, 2.45) is 0 Å². The Labute approximate surface area is 106 Å². The molecule has 1 N–H and O–H groups in total. The third kappa shape index (κ3) is 4.94. The van der Waals surface area contributed by atoms with Gasteiger partial charge in [0.25, 0.3) is 0 Å². The number of hydrogen-bond acceptors (Lipinski definition) is 4. The van der Waals surface area contributed by atoms with Gasteiger partial charge < -0.3 is 9.26 Å². The maximum absolute atomic E-state index is 12.4. The minimum absolute atomic E-state index is 0.178. The summed E-state index contributed by atoms with van der Waals surface area (Å²) >= 11 is 5.65. The number of hydrogen-bond donors (Lipinski definition) is 1. The minimum atomic E-state index is -2.99. The molecule has 8 heteroatoms. The van der Waals surface area contributed by atoms with E-state index in [-0.39, 0.29) is 12.6 Å². The van der Waals surface area contributed by atoms with Crippen LogP contribution in [-0.4, -0.2) is 49.4 Å². The average Bonchev–Trinajstić information content (AvgIpc) is 2.28. The van der Waals surface area contributed by atoms with Gasteiger partial charge in [0.15, 0.2) is 0 Å². The van der Waals surface area contributed by atoms with Crippen LogP contribution in [0.3, 0.4) is 0 Å². The van der Waals surface area contributed by atoms with Gasteiger partial charge in [0.1, 0.15) is 6.61 Å². The number of carbonyl (C=O) groups excluding carboxylic acids is 1.